The predicted octanol–water partition coefficient (Wildman–Crippen LogP) is 0.768. The zero-order valence-corrected chi connectivity index (χ0v) is 8.66. The highest BCUT2D eigenvalue weighted by atomic mass is 32.1. The van der Waals surface area contributed by atoms with Crippen molar-refractivity contribution >= 4 is 18.6 Å². The van der Waals surface area contributed by atoms with Gasteiger partial charge in [-0.3, -0.25) is 9.52 Å². The first kappa shape index (κ1) is 11.9. The summed E-state index contributed by atoms with van der Waals surface area (Å²) in [4.78, 5) is 10.9. The molecule has 2 N–H and O–H groups in total. The maximum atomic E-state index is 10.9. The summed E-state index contributed by atoms with van der Waals surface area (Å²) >= 11 is 3.88. The van der Waals surface area contributed by atoms with Crippen molar-refractivity contribution in [3.8, 4) is 0 Å². The second-order valence-corrected chi connectivity index (χ2v) is 3.17. The van der Waals surface area contributed by atoms with Crippen molar-refractivity contribution in [3.05, 3.63) is 0 Å². The molecule has 12 heavy (non-hydrogen) atoms. The summed E-state index contributed by atoms with van der Waals surface area (Å²) in [6.45, 7) is 2.52. The van der Waals surface area contributed by atoms with E-state index in [2.05, 4.69) is 22.9 Å². The molecule has 0 saturated heterocycles. The number of rotatable bonds is 7. The van der Waals surface area contributed by atoms with Crippen molar-refractivity contribution < 1.29 is 4.79 Å². The SMILES string of the molecule is CN[C@@H](CCCCNS)C(C)=O. The summed E-state index contributed by atoms with van der Waals surface area (Å²) in [5.41, 5.74) is 0. The highest BCUT2D eigenvalue weighted by Crippen LogP contribution is 2.00. The first-order valence-electron chi connectivity index (χ1n) is 4.27. The highest BCUT2D eigenvalue weighted by molar-refractivity contribution is 7.78. The molecule has 0 heterocycles. The molecule has 0 rings (SSSR count). The van der Waals surface area contributed by atoms with Crippen molar-refractivity contribution in [1.29, 1.82) is 0 Å². The van der Waals surface area contributed by atoms with Crippen LogP contribution in [0.15, 0.2) is 0 Å². The predicted molar refractivity (Wildman–Crippen MR) is 54.4 cm³/mol. The van der Waals surface area contributed by atoms with Gasteiger partial charge in [-0.1, -0.05) is 19.2 Å². The number of nitrogens with one attached hydrogen (secondary N) is 2. The molecule has 0 radical (unpaired) electrons. The summed E-state index contributed by atoms with van der Waals surface area (Å²) in [5, 5.41) is 2.99. The first-order chi connectivity index (χ1) is 5.72. The molecule has 0 fully saturated rings. The summed E-state index contributed by atoms with van der Waals surface area (Å²) in [6.07, 6.45) is 3.04. The Kier molecular flexibility index (Phi) is 7.54. The van der Waals surface area contributed by atoms with Gasteiger partial charge in [0.15, 0.2) is 0 Å². The molecule has 0 unspecified atom stereocenters. The van der Waals surface area contributed by atoms with Crippen LogP contribution in [0.1, 0.15) is 26.2 Å². The topological polar surface area (TPSA) is 41.1 Å². The molecule has 0 saturated carbocycles. The number of carbonyl (C=O) groups is 1. The second-order valence-electron chi connectivity index (χ2n) is 2.86. The van der Waals surface area contributed by atoms with E-state index in [0.717, 1.165) is 25.8 Å². The van der Waals surface area contributed by atoms with Gasteiger partial charge in [0.05, 0.1) is 6.04 Å². The van der Waals surface area contributed by atoms with Crippen LogP contribution in [0, 0.1) is 0 Å². The van der Waals surface area contributed by atoms with Crippen LogP contribution >= 0.6 is 12.8 Å². The second kappa shape index (κ2) is 7.58. The van der Waals surface area contributed by atoms with Gasteiger partial charge in [-0.05, 0) is 26.8 Å². The van der Waals surface area contributed by atoms with Crippen molar-refractivity contribution in [2.45, 2.75) is 32.2 Å². The zero-order chi connectivity index (χ0) is 9.40. The van der Waals surface area contributed by atoms with Crippen LogP contribution < -0.4 is 10.0 Å². The summed E-state index contributed by atoms with van der Waals surface area (Å²) in [7, 11) is 1.82. The van der Waals surface area contributed by atoms with E-state index in [4.69, 9.17) is 0 Å². The molecular formula is C8H18N2OS. The van der Waals surface area contributed by atoms with Crippen LogP contribution in [0.3, 0.4) is 0 Å². The molecule has 0 aromatic rings. The summed E-state index contributed by atoms with van der Waals surface area (Å²) in [5.74, 6) is 0.219. The van der Waals surface area contributed by atoms with Crippen LogP contribution in [-0.4, -0.2) is 25.4 Å². The minimum Gasteiger partial charge on any atom is -0.311 e. The van der Waals surface area contributed by atoms with Crippen molar-refractivity contribution in [2.24, 2.45) is 0 Å². The molecule has 72 valence electrons. The quantitative estimate of drug-likeness (QED) is 0.410. The van der Waals surface area contributed by atoms with E-state index in [-0.39, 0.29) is 11.8 Å². The summed E-state index contributed by atoms with van der Waals surface area (Å²) < 4.78 is 2.78. The Bertz CT molecular complexity index is 130. The lowest BCUT2D eigenvalue weighted by molar-refractivity contribution is -0.119. The van der Waals surface area contributed by atoms with Gasteiger partial charge >= 0.3 is 0 Å². The smallest absolute Gasteiger partial charge is 0.146 e. The van der Waals surface area contributed by atoms with Gasteiger partial charge in [-0.15, -0.1) is 0 Å². The third-order valence-corrected chi connectivity index (χ3v) is 2.09. The molecule has 0 aliphatic heterocycles. The molecule has 0 aliphatic rings. The Morgan fingerprint density at radius 2 is 2.17 bits per heavy atom. The fraction of sp³-hybridized carbons (Fsp3) is 0.875. The van der Waals surface area contributed by atoms with Gasteiger partial charge in [-0.25, -0.2) is 0 Å². The molecule has 4 heteroatoms. The van der Waals surface area contributed by atoms with E-state index < -0.39 is 0 Å². The number of hydrogen-bond acceptors (Lipinski definition) is 4. The van der Waals surface area contributed by atoms with Gasteiger partial charge in [0.2, 0.25) is 0 Å². The fourth-order valence-electron chi connectivity index (χ4n) is 1.10. The average molecular weight is 190 g/mol. The number of Topliss-reactive ketones (excluding diaryl/α,β-unsaturated/α-hetero) is 1. The van der Waals surface area contributed by atoms with Crippen LogP contribution in [0.4, 0.5) is 0 Å². The van der Waals surface area contributed by atoms with E-state index in [1.165, 1.54) is 0 Å². The van der Waals surface area contributed by atoms with Gasteiger partial charge in [0.25, 0.3) is 0 Å². The summed E-state index contributed by atoms with van der Waals surface area (Å²) in [6, 6.07) is 0.0323. The lowest BCUT2D eigenvalue weighted by Crippen LogP contribution is -2.32. The van der Waals surface area contributed by atoms with Crippen LogP contribution in [0.25, 0.3) is 0 Å². The Morgan fingerprint density at radius 3 is 2.58 bits per heavy atom. The minimum absolute atomic E-state index is 0.0323. The lowest BCUT2D eigenvalue weighted by Gasteiger charge is -2.11. The number of thiol groups is 1. The Hall–Kier alpha value is -0.0600. The van der Waals surface area contributed by atoms with Crippen molar-refractivity contribution in [1.82, 2.24) is 10.0 Å². The lowest BCUT2D eigenvalue weighted by atomic mass is 10.1. The minimum atomic E-state index is 0.0323. The zero-order valence-electron chi connectivity index (χ0n) is 7.76. The largest absolute Gasteiger partial charge is 0.311 e. The maximum absolute atomic E-state index is 10.9. The normalized spacial score (nSPS) is 12.9. The molecule has 0 aromatic heterocycles. The molecular weight excluding hydrogens is 172 g/mol. The third-order valence-electron chi connectivity index (χ3n) is 1.87. The van der Waals surface area contributed by atoms with E-state index in [1.807, 2.05) is 7.05 Å². The molecule has 0 aliphatic carbocycles. The van der Waals surface area contributed by atoms with E-state index in [1.54, 1.807) is 6.92 Å². The van der Waals surface area contributed by atoms with E-state index in [9.17, 15) is 4.79 Å². The van der Waals surface area contributed by atoms with Crippen LogP contribution in [0.2, 0.25) is 0 Å². The Labute approximate surface area is 79.8 Å². The molecule has 0 aromatic carbocycles. The van der Waals surface area contributed by atoms with E-state index >= 15 is 0 Å². The molecule has 0 spiro atoms. The first-order valence-corrected chi connectivity index (χ1v) is 4.71. The standard InChI is InChI=1S/C8H18N2OS/c1-7(11)8(9-2)5-3-4-6-10-12/h8-10,12H,3-6H2,1-2H3/t8-/m0/s1. The highest BCUT2D eigenvalue weighted by Gasteiger charge is 2.09. The molecule has 3 nitrogen and oxygen atoms in total. The van der Waals surface area contributed by atoms with Crippen molar-refractivity contribution in [3.63, 3.8) is 0 Å². The Balaban J connectivity index is 3.38. The maximum Gasteiger partial charge on any atom is 0.146 e. The number of hydrogen-bond donors (Lipinski definition) is 3. The van der Waals surface area contributed by atoms with Gasteiger partial charge in [0.1, 0.15) is 5.78 Å². The molecule has 0 bridgehead atoms. The molecule has 0 amide bonds. The fourth-order valence-corrected chi connectivity index (χ4v) is 1.26. The Morgan fingerprint density at radius 1 is 1.50 bits per heavy atom. The van der Waals surface area contributed by atoms with Crippen molar-refractivity contribution in [2.75, 3.05) is 13.6 Å². The number of ketones is 1. The average Bonchev–Trinajstić information content (AvgIpc) is 2.04. The van der Waals surface area contributed by atoms with Gasteiger partial charge in [0, 0.05) is 6.54 Å². The van der Waals surface area contributed by atoms with Gasteiger partial charge < -0.3 is 5.32 Å². The molecule has 1 atom stereocenters. The van der Waals surface area contributed by atoms with E-state index in [0.29, 0.717) is 0 Å². The van der Waals surface area contributed by atoms with Gasteiger partial charge in [-0.2, -0.15) is 0 Å². The number of carbonyl (C=O) groups excluding carboxylic acids is 1. The number of unbranched alkanes of at least 4 members (excludes halogenated alkanes) is 1. The third kappa shape index (κ3) is 5.57. The van der Waals surface area contributed by atoms with Crippen LogP contribution in [-0.2, 0) is 4.79 Å². The van der Waals surface area contributed by atoms with Crippen LogP contribution in [0.5, 0.6) is 0 Å². The monoisotopic (exact) mass is 190 g/mol. The number of likely N-dealkylation sites (N-methyl/N-ethyl adjacent to an activating group) is 1.